The Balaban J connectivity index is 1.73. The third kappa shape index (κ3) is 4.40. The molecule has 3 rings (SSSR count). The minimum atomic E-state index is -0.599. The summed E-state index contributed by atoms with van der Waals surface area (Å²) in [6, 6.07) is 10.8. The molecule has 0 aliphatic heterocycles. The number of carbonyl (C=O) groups excluding carboxylic acids is 1. The van der Waals surface area contributed by atoms with Crippen LogP contribution in [0.2, 0.25) is 5.02 Å². The highest BCUT2D eigenvalue weighted by Gasteiger charge is 2.22. The number of aromatic nitrogens is 2. The molecule has 0 atom stereocenters. The van der Waals surface area contributed by atoms with Crippen LogP contribution in [0.25, 0.3) is 5.69 Å². The fourth-order valence-electron chi connectivity index (χ4n) is 2.46. The smallest absolute Gasteiger partial charge is 0.298 e. The van der Waals surface area contributed by atoms with Crippen molar-refractivity contribution in [1.82, 2.24) is 5.27 Å². The van der Waals surface area contributed by atoms with Gasteiger partial charge in [0.15, 0.2) is 5.95 Å². The molecule has 0 aliphatic carbocycles. The van der Waals surface area contributed by atoms with E-state index in [-0.39, 0.29) is 16.7 Å². The number of hydrogen-bond acceptors (Lipinski definition) is 6. The van der Waals surface area contributed by atoms with E-state index in [0.29, 0.717) is 22.1 Å². The molecule has 0 fully saturated rings. The number of aryl methyl sites for hydroxylation is 2. The molecule has 1 N–H and O–H groups in total. The molecular formula is C19H18ClN3O4S. The number of nitrogens with zero attached hydrogens (tertiary/aromatic N) is 2. The summed E-state index contributed by atoms with van der Waals surface area (Å²) in [6.07, 6.45) is 0. The van der Waals surface area contributed by atoms with Crippen LogP contribution in [-0.4, -0.2) is 24.0 Å². The molecule has 0 saturated carbocycles. The quantitative estimate of drug-likeness (QED) is 0.487. The number of halogens is 1. The normalized spacial score (nSPS) is 10.7. The molecule has 0 unspecified atom stereocenters. The molecule has 1 heterocycles. The van der Waals surface area contributed by atoms with Crippen molar-refractivity contribution < 1.29 is 23.8 Å². The minimum Gasteiger partial charge on any atom is -0.538 e. The molecular weight excluding hydrogens is 402 g/mol. The largest absolute Gasteiger partial charge is 0.538 e. The van der Waals surface area contributed by atoms with Gasteiger partial charge in [-0.3, -0.25) is 4.79 Å². The van der Waals surface area contributed by atoms with E-state index in [1.165, 1.54) is 11.8 Å². The van der Waals surface area contributed by atoms with Gasteiger partial charge in [-0.1, -0.05) is 29.3 Å². The Labute approximate surface area is 171 Å². The van der Waals surface area contributed by atoms with Crippen LogP contribution in [0.4, 0.5) is 5.69 Å². The third-order valence-corrected chi connectivity index (χ3v) is 5.37. The number of rotatable bonds is 6. The van der Waals surface area contributed by atoms with Gasteiger partial charge in [0.25, 0.3) is 5.03 Å². The SMILES string of the molecule is COc1cc(Cl)c(C)cc1NC(=O)CSc1c([O-])on[n+]1-c1ccc(C)cc1. The fourth-order valence-corrected chi connectivity index (χ4v) is 3.37. The van der Waals surface area contributed by atoms with E-state index in [4.69, 9.17) is 20.9 Å². The van der Waals surface area contributed by atoms with Gasteiger partial charge < -0.3 is 19.7 Å². The maximum Gasteiger partial charge on any atom is 0.298 e. The number of anilines is 1. The summed E-state index contributed by atoms with van der Waals surface area (Å²) in [5.41, 5.74) is 3.07. The van der Waals surface area contributed by atoms with E-state index < -0.39 is 5.95 Å². The maximum atomic E-state index is 12.4. The van der Waals surface area contributed by atoms with Crippen molar-refractivity contribution in [2.45, 2.75) is 18.9 Å². The molecule has 7 nitrogen and oxygen atoms in total. The summed E-state index contributed by atoms with van der Waals surface area (Å²) in [5.74, 6) is -0.454. The summed E-state index contributed by atoms with van der Waals surface area (Å²) >= 11 is 7.12. The van der Waals surface area contributed by atoms with Gasteiger partial charge in [0.2, 0.25) is 11.6 Å². The number of ether oxygens (including phenoxy) is 1. The molecule has 1 aromatic heterocycles. The predicted molar refractivity (Wildman–Crippen MR) is 104 cm³/mol. The molecule has 9 heteroatoms. The van der Waals surface area contributed by atoms with Crippen LogP contribution in [0, 0.1) is 13.8 Å². The Kier molecular flexibility index (Phi) is 6.11. The van der Waals surface area contributed by atoms with Crippen molar-refractivity contribution in [2.24, 2.45) is 0 Å². The van der Waals surface area contributed by atoms with Crippen LogP contribution >= 0.6 is 23.4 Å². The van der Waals surface area contributed by atoms with E-state index in [9.17, 15) is 9.90 Å². The minimum absolute atomic E-state index is 0.00680. The van der Waals surface area contributed by atoms with Crippen LogP contribution in [-0.2, 0) is 4.79 Å². The molecule has 3 aromatic rings. The van der Waals surface area contributed by atoms with E-state index in [0.717, 1.165) is 22.9 Å². The zero-order valence-electron chi connectivity index (χ0n) is 15.5. The van der Waals surface area contributed by atoms with E-state index in [1.807, 2.05) is 38.1 Å². The lowest BCUT2D eigenvalue weighted by molar-refractivity contribution is -0.705. The van der Waals surface area contributed by atoms with Crippen molar-refractivity contribution >= 4 is 35.0 Å². The Morgan fingerprint density at radius 2 is 2.04 bits per heavy atom. The van der Waals surface area contributed by atoms with Gasteiger partial charge in [-0.25, -0.2) is 0 Å². The highest BCUT2D eigenvalue weighted by atomic mass is 35.5. The first kappa shape index (κ1) is 20.0. The number of thioether (sulfide) groups is 1. The molecule has 1 amide bonds. The number of carbonyl (C=O) groups is 1. The number of benzene rings is 2. The topological polar surface area (TPSA) is 91.3 Å². The molecule has 28 heavy (non-hydrogen) atoms. The number of amides is 1. The number of nitrogens with one attached hydrogen (secondary N) is 1. The van der Waals surface area contributed by atoms with Gasteiger partial charge >= 0.3 is 0 Å². The third-order valence-electron chi connectivity index (χ3n) is 3.95. The second-order valence-electron chi connectivity index (χ2n) is 6.05. The van der Waals surface area contributed by atoms with Gasteiger partial charge in [0.1, 0.15) is 5.75 Å². The highest BCUT2D eigenvalue weighted by molar-refractivity contribution is 7.99. The Hall–Kier alpha value is -2.71. The van der Waals surface area contributed by atoms with Crippen molar-refractivity contribution in [3.8, 4) is 17.4 Å². The Morgan fingerprint density at radius 3 is 2.71 bits per heavy atom. The molecule has 0 bridgehead atoms. The molecule has 2 aromatic carbocycles. The lowest BCUT2D eigenvalue weighted by Crippen LogP contribution is -2.35. The summed E-state index contributed by atoms with van der Waals surface area (Å²) in [4.78, 5) is 12.4. The zero-order chi connectivity index (χ0) is 20.3. The van der Waals surface area contributed by atoms with Gasteiger partial charge in [-0.2, -0.15) is 0 Å². The average Bonchev–Trinajstić information content (AvgIpc) is 3.04. The Morgan fingerprint density at radius 1 is 1.32 bits per heavy atom. The molecule has 0 saturated heterocycles. The first-order chi connectivity index (χ1) is 13.4. The van der Waals surface area contributed by atoms with Gasteiger partial charge in [-0.05, 0) is 41.9 Å². The Bertz CT molecular complexity index is 1010. The predicted octanol–water partition coefficient (Wildman–Crippen LogP) is 3.03. The van der Waals surface area contributed by atoms with Crippen molar-refractivity contribution in [2.75, 3.05) is 18.2 Å². The molecule has 0 spiro atoms. The first-order valence-corrected chi connectivity index (χ1v) is 9.68. The summed E-state index contributed by atoms with van der Waals surface area (Å²) in [5, 5.41) is 19.3. The summed E-state index contributed by atoms with van der Waals surface area (Å²) in [6.45, 7) is 3.79. The molecule has 146 valence electrons. The van der Waals surface area contributed by atoms with Gasteiger partial charge in [0.05, 0.1) is 23.8 Å². The van der Waals surface area contributed by atoms with Crippen LogP contribution < -0.4 is 19.8 Å². The van der Waals surface area contributed by atoms with Gasteiger partial charge in [-0.15, -0.1) is 0 Å². The number of methoxy groups -OCH3 is 1. The van der Waals surface area contributed by atoms with Crippen LogP contribution in [0.1, 0.15) is 11.1 Å². The number of hydrogen-bond donors (Lipinski definition) is 1. The van der Waals surface area contributed by atoms with Crippen molar-refractivity contribution in [1.29, 1.82) is 0 Å². The van der Waals surface area contributed by atoms with Crippen LogP contribution in [0.5, 0.6) is 11.7 Å². The summed E-state index contributed by atoms with van der Waals surface area (Å²) in [7, 11) is 1.50. The lowest BCUT2D eigenvalue weighted by Gasteiger charge is -2.11. The second kappa shape index (κ2) is 8.53. The standard InChI is InChI=1S/C19H18ClN3O4S/c1-11-4-6-13(7-5-11)23-18(19(25)27-22-23)28-10-17(24)21-15-8-12(2)14(20)9-16(15)26-3/h4-9H,10H2,1-3H3,(H-,21,22,24,25). The highest BCUT2D eigenvalue weighted by Crippen LogP contribution is 2.31. The van der Waals surface area contributed by atoms with Crippen molar-refractivity contribution in [3.05, 3.63) is 52.5 Å². The van der Waals surface area contributed by atoms with E-state index in [1.54, 1.807) is 12.1 Å². The zero-order valence-corrected chi connectivity index (χ0v) is 17.1. The summed E-state index contributed by atoms with van der Waals surface area (Å²) < 4.78 is 11.4. The van der Waals surface area contributed by atoms with Crippen molar-refractivity contribution in [3.63, 3.8) is 0 Å². The van der Waals surface area contributed by atoms with E-state index >= 15 is 0 Å². The van der Waals surface area contributed by atoms with Crippen LogP contribution in [0.3, 0.4) is 0 Å². The van der Waals surface area contributed by atoms with Gasteiger partial charge in [0, 0.05) is 23.2 Å². The van der Waals surface area contributed by atoms with E-state index in [2.05, 4.69) is 10.6 Å². The van der Waals surface area contributed by atoms with Crippen LogP contribution in [0.15, 0.2) is 45.9 Å². The average molecular weight is 420 g/mol. The fraction of sp³-hybridized carbons (Fsp3) is 0.211. The first-order valence-electron chi connectivity index (χ1n) is 8.32. The monoisotopic (exact) mass is 419 g/mol. The molecule has 0 aliphatic rings. The lowest BCUT2D eigenvalue weighted by atomic mass is 10.2. The molecule has 0 radical (unpaired) electrons. The second-order valence-corrected chi connectivity index (χ2v) is 7.42. The maximum absolute atomic E-state index is 12.4.